The van der Waals surface area contributed by atoms with Gasteiger partial charge in [-0.05, 0) is 37.5 Å². The molecule has 0 bridgehead atoms. The molecular weight excluding hydrogens is 376 g/mol. The van der Waals surface area contributed by atoms with Crippen molar-refractivity contribution in [3.8, 4) is 0 Å². The summed E-state index contributed by atoms with van der Waals surface area (Å²) in [4.78, 5) is 27.1. The van der Waals surface area contributed by atoms with Crippen molar-refractivity contribution in [2.45, 2.75) is 31.8 Å². The summed E-state index contributed by atoms with van der Waals surface area (Å²) in [5.41, 5.74) is 2.69. The predicted molar refractivity (Wildman–Crippen MR) is 121 cm³/mol. The van der Waals surface area contributed by atoms with Crippen LogP contribution in [0.5, 0.6) is 0 Å². The van der Waals surface area contributed by atoms with E-state index in [-0.39, 0.29) is 24.0 Å². The Kier molecular flexibility index (Phi) is 7.49. The number of nitrogens with one attached hydrogen (secondary N) is 3. The van der Waals surface area contributed by atoms with Crippen LogP contribution in [0.2, 0.25) is 0 Å². The smallest absolute Gasteiger partial charge is 0.315 e. The summed E-state index contributed by atoms with van der Waals surface area (Å²) < 4.78 is 0. The van der Waals surface area contributed by atoms with E-state index in [2.05, 4.69) is 27.4 Å². The van der Waals surface area contributed by atoms with E-state index in [1.807, 2.05) is 61.5 Å². The van der Waals surface area contributed by atoms with E-state index in [1.165, 1.54) is 0 Å². The number of carbonyl (C=O) groups is 2. The monoisotopic (exact) mass is 406 g/mol. The minimum Gasteiger partial charge on any atom is -0.371 e. The molecule has 0 spiro atoms. The van der Waals surface area contributed by atoms with Gasteiger partial charge in [0.15, 0.2) is 0 Å². The maximum atomic E-state index is 13.0. The van der Waals surface area contributed by atoms with Crippen LogP contribution in [0.4, 0.5) is 10.5 Å². The molecule has 0 aromatic heterocycles. The molecular formula is C24H30N4O2. The van der Waals surface area contributed by atoms with E-state index in [1.54, 1.807) is 6.08 Å². The summed E-state index contributed by atoms with van der Waals surface area (Å²) in [6.45, 7) is 7.61. The second kappa shape index (κ2) is 10.5. The van der Waals surface area contributed by atoms with Gasteiger partial charge in [-0.2, -0.15) is 0 Å². The molecule has 1 aliphatic rings. The number of anilines is 1. The molecule has 3 amide bonds. The zero-order chi connectivity index (χ0) is 21.3. The molecule has 0 aliphatic carbocycles. The maximum Gasteiger partial charge on any atom is 0.315 e. The molecule has 2 aromatic rings. The third kappa shape index (κ3) is 5.63. The number of para-hydroxylation sites is 1. The molecule has 1 aliphatic heterocycles. The second-order valence-electron chi connectivity index (χ2n) is 7.53. The maximum absolute atomic E-state index is 13.0. The zero-order valence-corrected chi connectivity index (χ0v) is 17.4. The summed E-state index contributed by atoms with van der Waals surface area (Å²) in [5, 5.41) is 8.85. The van der Waals surface area contributed by atoms with Crippen molar-refractivity contribution in [1.82, 2.24) is 16.0 Å². The molecule has 1 heterocycles. The van der Waals surface area contributed by atoms with Gasteiger partial charge in [0.05, 0.1) is 11.6 Å². The van der Waals surface area contributed by atoms with Crippen LogP contribution in [0.25, 0.3) is 0 Å². The van der Waals surface area contributed by atoms with Gasteiger partial charge in [0.2, 0.25) is 0 Å². The Hall–Kier alpha value is -3.28. The quantitative estimate of drug-likeness (QED) is 0.615. The minimum atomic E-state index is -0.164. The molecule has 3 rings (SSSR count). The van der Waals surface area contributed by atoms with Crippen LogP contribution >= 0.6 is 0 Å². The van der Waals surface area contributed by atoms with E-state index in [4.69, 9.17) is 0 Å². The SMILES string of the molecule is C=CCNC(=O)NC1CCN(c2ccccc2C(=O)N[C@@H](C)c2ccccc2)CC1. The average Bonchev–Trinajstić information content (AvgIpc) is 2.78. The Labute approximate surface area is 178 Å². The Morgan fingerprint density at radius 1 is 1.10 bits per heavy atom. The number of carbonyl (C=O) groups excluding carboxylic acids is 2. The first-order valence-electron chi connectivity index (χ1n) is 10.4. The molecule has 0 radical (unpaired) electrons. The molecule has 0 unspecified atom stereocenters. The fourth-order valence-corrected chi connectivity index (χ4v) is 3.71. The Morgan fingerprint density at radius 3 is 2.47 bits per heavy atom. The van der Waals surface area contributed by atoms with Crippen LogP contribution < -0.4 is 20.9 Å². The largest absolute Gasteiger partial charge is 0.371 e. The Balaban J connectivity index is 1.61. The van der Waals surface area contributed by atoms with Gasteiger partial charge in [0, 0.05) is 31.4 Å². The zero-order valence-electron chi connectivity index (χ0n) is 17.4. The van der Waals surface area contributed by atoms with Crippen LogP contribution in [-0.2, 0) is 0 Å². The lowest BCUT2D eigenvalue weighted by molar-refractivity contribution is 0.0940. The molecule has 6 heteroatoms. The van der Waals surface area contributed by atoms with Crippen LogP contribution in [-0.4, -0.2) is 37.6 Å². The van der Waals surface area contributed by atoms with E-state index in [0.717, 1.165) is 37.2 Å². The first-order valence-corrected chi connectivity index (χ1v) is 10.4. The van der Waals surface area contributed by atoms with Crippen LogP contribution in [0.1, 0.15) is 41.7 Å². The summed E-state index contributed by atoms with van der Waals surface area (Å²) in [5.74, 6) is -0.0778. The molecule has 1 saturated heterocycles. The lowest BCUT2D eigenvalue weighted by Crippen LogP contribution is -2.48. The molecule has 6 nitrogen and oxygen atoms in total. The van der Waals surface area contributed by atoms with E-state index < -0.39 is 0 Å². The lowest BCUT2D eigenvalue weighted by atomic mass is 10.0. The van der Waals surface area contributed by atoms with Crippen molar-refractivity contribution in [3.63, 3.8) is 0 Å². The normalized spacial score (nSPS) is 15.2. The number of hydrogen-bond acceptors (Lipinski definition) is 3. The fraction of sp³-hybridized carbons (Fsp3) is 0.333. The van der Waals surface area contributed by atoms with Crippen molar-refractivity contribution in [2.24, 2.45) is 0 Å². The number of rotatable bonds is 7. The number of piperidine rings is 1. The number of amides is 3. The lowest BCUT2D eigenvalue weighted by Gasteiger charge is -2.35. The van der Waals surface area contributed by atoms with Gasteiger partial charge >= 0.3 is 6.03 Å². The highest BCUT2D eigenvalue weighted by Crippen LogP contribution is 2.25. The van der Waals surface area contributed by atoms with Crippen LogP contribution in [0.3, 0.4) is 0 Å². The fourth-order valence-electron chi connectivity index (χ4n) is 3.71. The first-order chi connectivity index (χ1) is 14.6. The highest BCUT2D eigenvalue weighted by atomic mass is 16.2. The molecule has 0 saturated carbocycles. The van der Waals surface area contributed by atoms with Gasteiger partial charge in [-0.15, -0.1) is 6.58 Å². The standard InChI is InChI=1S/C24H30N4O2/c1-3-15-25-24(30)27-20-13-16-28(17-14-20)22-12-8-7-11-21(22)23(29)26-18(2)19-9-5-4-6-10-19/h3-12,18,20H,1,13-17H2,2H3,(H,26,29)(H2,25,27,30)/t18-/m0/s1. The number of nitrogens with zero attached hydrogens (tertiary/aromatic N) is 1. The van der Waals surface area contributed by atoms with E-state index in [0.29, 0.717) is 12.1 Å². The minimum absolute atomic E-state index is 0.0734. The topological polar surface area (TPSA) is 73.5 Å². The highest BCUT2D eigenvalue weighted by Gasteiger charge is 2.24. The number of hydrogen-bond donors (Lipinski definition) is 3. The third-order valence-electron chi connectivity index (χ3n) is 5.37. The molecule has 1 fully saturated rings. The third-order valence-corrected chi connectivity index (χ3v) is 5.37. The summed E-state index contributed by atoms with van der Waals surface area (Å²) in [6, 6.07) is 17.5. The van der Waals surface area contributed by atoms with Gasteiger partial charge < -0.3 is 20.9 Å². The van der Waals surface area contributed by atoms with Crippen molar-refractivity contribution < 1.29 is 9.59 Å². The molecule has 1 atom stereocenters. The van der Waals surface area contributed by atoms with Gasteiger partial charge in [-0.3, -0.25) is 4.79 Å². The van der Waals surface area contributed by atoms with Crippen molar-refractivity contribution >= 4 is 17.6 Å². The first kappa shape index (κ1) is 21.4. The Morgan fingerprint density at radius 2 is 1.77 bits per heavy atom. The summed E-state index contributed by atoms with van der Waals surface area (Å²) in [7, 11) is 0. The summed E-state index contributed by atoms with van der Waals surface area (Å²) in [6.07, 6.45) is 3.32. The predicted octanol–water partition coefficient (Wildman–Crippen LogP) is 3.63. The Bertz CT molecular complexity index is 861. The van der Waals surface area contributed by atoms with Crippen LogP contribution in [0.15, 0.2) is 67.3 Å². The number of urea groups is 1. The molecule has 2 aromatic carbocycles. The van der Waals surface area contributed by atoms with Gasteiger partial charge in [0.25, 0.3) is 5.91 Å². The van der Waals surface area contributed by atoms with Crippen molar-refractivity contribution in [1.29, 1.82) is 0 Å². The molecule has 30 heavy (non-hydrogen) atoms. The van der Waals surface area contributed by atoms with E-state index in [9.17, 15) is 9.59 Å². The van der Waals surface area contributed by atoms with Crippen molar-refractivity contribution in [2.75, 3.05) is 24.5 Å². The molecule has 158 valence electrons. The summed E-state index contributed by atoms with van der Waals surface area (Å²) >= 11 is 0. The molecule has 3 N–H and O–H groups in total. The van der Waals surface area contributed by atoms with Crippen LogP contribution in [0, 0.1) is 0 Å². The second-order valence-corrected chi connectivity index (χ2v) is 7.53. The average molecular weight is 407 g/mol. The van der Waals surface area contributed by atoms with Gasteiger partial charge in [0.1, 0.15) is 0 Å². The van der Waals surface area contributed by atoms with Gasteiger partial charge in [-0.1, -0.05) is 48.5 Å². The van der Waals surface area contributed by atoms with Gasteiger partial charge in [-0.25, -0.2) is 4.79 Å². The highest BCUT2D eigenvalue weighted by molar-refractivity contribution is 6.00. The van der Waals surface area contributed by atoms with E-state index >= 15 is 0 Å². The van der Waals surface area contributed by atoms with Crippen molar-refractivity contribution in [3.05, 3.63) is 78.4 Å². The number of benzene rings is 2.